The van der Waals surface area contributed by atoms with Gasteiger partial charge < -0.3 is 0 Å². The van der Waals surface area contributed by atoms with Gasteiger partial charge in [-0.1, -0.05) is 36.0 Å². The van der Waals surface area contributed by atoms with Crippen molar-refractivity contribution in [2.24, 2.45) is 0 Å². The second kappa shape index (κ2) is 6.96. The number of anilines is 2. The second-order valence-electron chi connectivity index (χ2n) is 6.97. The monoisotopic (exact) mass is 425 g/mol. The molecule has 1 aromatic heterocycles. The van der Waals surface area contributed by atoms with Crippen LogP contribution in [0.3, 0.4) is 0 Å². The summed E-state index contributed by atoms with van der Waals surface area (Å²) >= 11 is 2.82. The first-order valence-corrected chi connectivity index (χ1v) is 10.8. The number of thiazole rings is 1. The Morgan fingerprint density at radius 2 is 2.00 bits per heavy atom. The molecule has 1 atom stereocenters. The molecule has 3 aromatic rings. The number of amides is 2. The lowest BCUT2D eigenvalue weighted by atomic mass is 10.1. The number of nitrogens with one attached hydrogen (secondary N) is 1. The third kappa shape index (κ3) is 3.12. The van der Waals surface area contributed by atoms with Crippen molar-refractivity contribution in [2.45, 2.75) is 29.0 Å². The number of rotatable bonds is 4. The van der Waals surface area contributed by atoms with Gasteiger partial charge in [0.1, 0.15) is 5.82 Å². The lowest BCUT2D eigenvalue weighted by Crippen LogP contribution is -2.49. The average molecular weight is 426 g/mol. The van der Waals surface area contributed by atoms with E-state index in [0.29, 0.717) is 24.4 Å². The molecule has 0 saturated carbocycles. The van der Waals surface area contributed by atoms with Crippen molar-refractivity contribution in [1.82, 2.24) is 4.98 Å². The largest absolute Gasteiger partial charge is 0.299 e. The number of hydrogen-bond donors (Lipinski definition) is 1. The molecular formula is C21H16FN3O2S2. The first-order chi connectivity index (χ1) is 14.0. The zero-order chi connectivity index (χ0) is 20.0. The fourth-order valence-corrected chi connectivity index (χ4v) is 6.00. The molecule has 146 valence electrons. The Bertz CT molecular complexity index is 1120. The van der Waals surface area contributed by atoms with E-state index in [4.69, 9.17) is 0 Å². The Labute approximate surface area is 175 Å². The summed E-state index contributed by atoms with van der Waals surface area (Å²) in [7, 11) is 0. The van der Waals surface area contributed by atoms with Crippen molar-refractivity contribution in [3.8, 4) is 0 Å². The Morgan fingerprint density at radius 1 is 1.21 bits per heavy atom. The molecule has 2 aliphatic heterocycles. The molecule has 1 fully saturated rings. The summed E-state index contributed by atoms with van der Waals surface area (Å²) in [6, 6.07) is 13.9. The quantitative estimate of drug-likeness (QED) is 0.671. The van der Waals surface area contributed by atoms with Crippen LogP contribution in [-0.2, 0) is 16.0 Å². The number of nitrogens with zero attached hydrogens (tertiary/aromatic N) is 2. The molecule has 1 saturated heterocycles. The third-order valence-corrected chi connectivity index (χ3v) is 7.48. The summed E-state index contributed by atoms with van der Waals surface area (Å²) in [5.74, 6) is -0.531. The van der Waals surface area contributed by atoms with Gasteiger partial charge in [-0.3, -0.25) is 19.8 Å². The van der Waals surface area contributed by atoms with E-state index in [2.05, 4.69) is 10.3 Å². The number of hydrogen-bond acceptors (Lipinski definition) is 5. The predicted molar refractivity (Wildman–Crippen MR) is 112 cm³/mol. The maximum absolute atomic E-state index is 13.2. The van der Waals surface area contributed by atoms with E-state index in [1.807, 2.05) is 24.3 Å². The van der Waals surface area contributed by atoms with Crippen LogP contribution in [-0.4, -0.2) is 21.7 Å². The molecule has 0 aliphatic carbocycles. The molecule has 8 heteroatoms. The lowest BCUT2D eigenvalue weighted by molar-refractivity contribution is -0.121. The van der Waals surface area contributed by atoms with Crippen molar-refractivity contribution in [2.75, 3.05) is 10.2 Å². The summed E-state index contributed by atoms with van der Waals surface area (Å²) in [6.45, 7) is 0. The molecule has 0 unspecified atom stereocenters. The number of benzene rings is 2. The molecule has 5 nitrogen and oxygen atoms in total. The fourth-order valence-electron chi connectivity index (χ4n) is 3.74. The van der Waals surface area contributed by atoms with Crippen LogP contribution in [0.5, 0.6) is 0 Å². The molecule has 3 heterocycles. The Hall–Kier alpha value is -2.71. The van der Waals surface area contributed by atoms with E-state index in [0.717, 1.165) is 21.0 Å². The maximum atomic E-state index is 13.2. The number of carbonyl (C=O) groups is 2. The normalized spacial score (nSPS) is 19.9. The zero-order valence-electron chi connectivity index (χ0n) is 15.2. The molecule has 2 aromatic carbocycles. The van der Waals surface area contributed by atoms with Crippen LogP contribution in [0.25, 0.3) is 0 Å². The van der Waals surface area contributed by atoms with Crippen LogP contribution in [0.4, 0.5) is 15.2 Å². The molecule has 5 rings (SSSR count). The highest BCUT2D eigenvalue weighted by atomic mass is 32.2. The highest BCUT2D eigenvalue weighted by Gasteiger charge is 2.57. The van der Waals surface area contributed by atoms with E-state index in [-0.39, 0.29) is 17.6 Å². The van der Waals surface area contributed by atoms with Crippen LogP contribution in [0.1, 0.15) is 23.3 Å². The molecule has 1 N–H and O–H groups in total. The van der Waals surface area contributed by atoms with Crippen molar-refractivity contribution in [3.63, 3.8) is 0 Å². The van der Waals surface area contributed by atoms with E-state index in [9.17, 15) is 14.0 Å². The molecule has 0 bridgehead atoms. The van der Waals surface area contributed by atoms with Gasteiger partial charge in [0.05, 0.1) is 5.69 Å². The van der Waals surface area contributed by atoms with Crippen LogP contribution in [0.2, 0.25) is 0 Å². The topological polar surface area (TPSA) is 62.3 Å². The molecular weight excluding hydrogens is 409 g/mol. The van der Waals surface area contributed by atoms with Crippen molar-refractivity contribution in [1.29, 1.82) is 0 Å². The van der Waals surface area contributed by atoms with Crippen LogP contribution in [0, 0.1) is 5.82 Å². The van der Waals surface area contributed by atoms with Crippen LogP contribution < -0.4 is 10.2 Å². The van der Waals surface area contributed by atoms with Gasteiger partial charge in [0.25, 0.3) is 5.91 Å². The van der Waals surface area contributed by atoms with Gasteiger partial charge in [-0.15, -0.1) is 11.3 Å². The highest BCUT2D eigenvalue weighted by Crippen LogP contribution is 2.56. The fraction of sp³-hybridized carbons (Fsp3) is 0.190. The third-order valence-electron chi connectivity index (χ3n) is 5.09. The minimum atomic E-state index is -0.955. The number of fused-ring (bicyclic) bond motifs is 3. The Balaban J connectivity index is 1.35. The van der Waals surface area contributed by atoms with Gasteiger partial charge in [0, 0.05) is 28.8 Å². The number of para-hydroxylation sites is 1. The molecule has 0 spiro atoms. The van der Waals surface area contributed by atoms with Gasteiger partial charge in [-0.05, 0) is 36.2 Å². The van der Waals surface area contributed by atoms with Crippen molar-refractivity contribution >= 4 is 45.7 Å². The number of thioether (sulfide) groups is 1. The van der Waals surface area contributed by atoms with Gasteiger partial charge in [0.15, 0.2) is 10.0 Å². The van der Waals surface area contributed by atoms with Gasteiger partial charge in [-0.2, -0.15) is 0 Å². The molecule has 2 amide bonds. The predicted octanol–water partition coefficient (Wildman–Crippen LogP) is 4.44. The van der Waals surface area contributed by atoms with E-state index in [1.54, 1.807) is 23.2 Å². The SMILES string of the molecule is O=C1CC[C@]2(C(=O)Nc3ncc(Cc4ccc(F)cc4)s3)Sc3ccccc3N12. The summed E-state index contributed by atoms with van der Waals surface area (Å²) in [5, 5.41) is 3.41. The lowest BCUT2D eigenvalue weighted by Gasteiger charge is -2.29. The van der Waals surface area contributed by atoms with Gasteiger partial charge in [-0.25, -0.2) is 9.37 Å². The molecule has 29 heavy (non-hydrogen) atoms. The minimum absolute atomic E-state index is 0.0336. The van der Waals surface area contributed by atoms with E-state index < -0.39 is 4.87 Å². The highest BCUT2D eigenvalue weighted by molar-refractivity contribution is 8.02. The van der Waals surface area contributed by atoms with Crippen molar-refractivity contribution in [3.05, 3.63) is 71.0 Å². The zero-order valence-corrected chi connectivity index (χ0v) is 16.9. The smallest absolute Gasteiger partial charge is 0.263 e. The molecule has 0 radical (unpaired) electrons. The van der Waals surface area contributed by atoms with E-state index >= 15 is 0 Å². The number of carbonyl (C=O) groups excluding carboxylic acids is 2. The second-order valence-corrected chi connectivity index (χ2v) is 9.41. The average Bonchev–Trinajstić information content (AvgIpc) is 3.38. The standard InChI is InChI=1S/C21H16FN3O2S2/c22-14-7-5-13(6-8-14)11-15-12-23-20(28-15)24-19(27)21-10-9-18(26)25(21)16-3-1-2-4-17(16)29-21/h1-8,12H,9-11H2,(H,23,24,27)/t21-/m1/s1. The first kappa shape index (κ1) is 18.3. The maximum Gasteiger partial charge on any atom is 0.263 e. The summed E-state index contributed by atoms with van der Waals surface area (Å²) in [4.78, 5) is 32.6. The Kier molecular flexibility index (Phi) is 4.40. The number of halogens is 1. The summed E-state index contributed by atoms with van der Waals surface area (Å²) in [5.41, 5.74) is 1.77. The van der Waals surface area contributed by atoms with Crippen molar-refractivity contribution < 1.29 is 14.0 Å². The minimum Gasteiger partial charge on any atom is -0.299 e. The first-order valence-electron chi connectivity index (χ1n) is 9.17. The van der Waals surface area contributed by atoms with E-state index in [1.165, 1.54) is 35.2 Å². The Morgan fingerprint density at radius 3 is 2.83 bits per heavy atom. The van der Waals surface area contributed by atoms with Gasteiger partial charge in [0.2, 0.25) is 5.91 Å². The van der Waals surface area contributed by atoms with Crippen LogP contribution >= 0.6 is 23.1 Å². The molecule has 2 aliphatic rings. The van der Waals surface area contributed by atoms with Crippen LogP contribution in [0.15, 0.2) is 59.6 Å². The summed E-state index contributed by atoms with van der Waals surface area (Å²) < 4.78 is 13.1. The van der Waals surface area contributed by atoms with Gasteiger partial charge >= 0.3 is 0 Å². The summed E-state index contributed by atoms with van der Waals surface area (Å²) in [6.07, 6.45) is 3.15. The number of aromatic nitrogens is 1.